The SMILES string of the molecule is Cc1c(C(=O)N[C@H]2CCC[C@@H](C)C(=O)Nc3ccc(C(=O)O)cc3-c3ccnc2c3)cnn1-c1cccc(Cl)c1F. The first-order valence-corrected chi connectivity index (χ1v) is 13.5. The largest absolute Gasteiger partial charge is 0.478 e. The van der Waals surface area contributed by atoms with Crippen molar-refractivity contribution in [1.82, 2.24) is 20.1 Å². The van der Waals surface area contributed by atoms with Crippen LogP contribution in [0.5, 0.6) is 0 Å². The Kier molecular flexibility index (Phi) is 7.85. The zero-order valence-corrected chi connectivity index (χ0v) is 23.1. The molecule has 0 saturated carbocycles. The number of fused-ring (bicyclic) bond motifs is 4. The molecule has 5 rings (SSSR count). The van der Waals surface area contributed by atoms with Crippen LogP contribution in [0.25, 0.3) is 16.8 Å². The van der Waals surface area contributed by atoms with Crippen molar-refractivity contribution in [2.24, 2.45) is 5.92 Å². The molecule has 1 aliphatic rings. The highest BCUT2D eigenvalue weighted by Crippen LogP contribution is 2.33. The number of anilines is 1. The lowest BCUT2D eigenvalue weighted by atomic mass is 9.94. The van der Waals surface area contributed by atoms with Crippen molar-refractivity contribution < 1.29 is 23.9 Å². The van der Waals surface area contributed by atoms with E-state index in [0.29, 0.717) is 47.5 Å². The van der Waals surface area contributed by atoms with Gasteiger partial charge in [-0.2, -0.15) is 5.10 Å². The molecule has 9 nitrogen and oxygen atoms in total. The summed E-state index contributed by atoms with van der Waals surface area (Å²) < 4.78 is 16.0. The molecular weight excluding hydrogens is 549 g/mol. The van der Waals surface area contributed by atoms with Crippen LogP contribution in [-0.2, 0) is 4.79 Å². The van der Waals surface area contributed by atoms with Gasteiger partial charge < -0.3 is 15.7 Å². The number of hydrogen-bond donors (Lipinski definition) is 3. The fourth-order valence-electron chi connectivity index (χ4n) is 4.91. The number of carbonyl (C=O) groups is 3. The molecule has 0 radical (unpaired) electrons. The van der Waals surface area contributed by atoms with Gasteiger partial charge in [0.25, 0.3) is 5.91 Å². The maximum atomic E-state index is 14.7. The van der Waals surface area contributed by atoms with Crippen LogP contribution in [0.15, 0.2) is 60.9 Å². The summed E-state index contributed by atoms with van der Waals surface area (Å²) in [6, 6.07) is 12.1. The molecule has 2 aromatic heterocycles. The number of carbonyl (C=O) groups excluding carboxylic acids is 2. The number of nitrogens with one attached hydrogen (secondary N) is 2. The molecule has 2 atom stereocenters. The fourth-order valence-corrected chi connectivity index (χ4v) is 5.08. The second-order valence-corrected chi connectivity index (χ2v) is 10.4. The summed E-state index contributed by atoms with van der Waals surface area (Å²) in [6.07, 6.45) is 4.65. The number of rotatable bonds is 4. The van der Waals surface area contributed by atoms with Crippen LogP contribution in [0.1, 0.15) is 64.3 Å². The highest BCUT2D eigenvalue weighted by molar-refractivity contribution is 6.30. The van der Waals surface area contributed by atoms with E-state index in [0.717, 1.165) is 0 Å². The lowest BCUT2D eigenvalue weighted by Crippen LogP contribution is -2.30. The summed E-state index contributed by atoms with van der Waals surface area (Å²) in [5.74, 6) is -2.65. The molecule has 0 aliphatic carbocycles. The number of hydrogen-bond acceptors (Lipinski definition) is 5. The number of benzene rings is 2. The molecule has 4 aromatic rings. The molecule has 3 N–H and O–H groups in total. The van der Waals surface area contributed by atoms with E-state index in [1.165, 1.54) is 35.1 Å². The smallest absolute Gasteiger partial charge is 0.335 e. The molecule has 2 aromatic carbocycles. The Balaban J connectivity index is 1.51. The van der Waals surface area contributed by atoms with Crippen molar-refractivity contribution in [3.63, 3.8) is 0 Å². The zero-order valence-electron chi connectivity index (χ0n) is 22.3. The summed E-state index contributed by atoms with van der Waals surface area (Å²) in [6.45, 7) is 3.49. The van der Waals surface area contributed by atoms with E-state index < -0.39 is 23.7 Å². The minimum absolute atomic E-state index is 0.0532. The van der Waals surface area contributed by atoms with E-state index in [4.69, 9.17) is 11.6 Å². The summed E-state index contributed by atoms with van der Waals surface area (Å²) >= 11 is 5.94. The molecule has 1 aliphatic heterocycles. The van der Waals surface area contributed by atoms with Gasteiger partial charge in [-0.05, 0) is 67.8 Å². The van der Waals surface area contributed by atoms with E-state index in [2.05, 4.69) is 20.7 Å². The maximum absolute atomic E-state index is 14.7. The van der Waals surface area contributed by atoms with Crippen molar-refractivity contribution in [3.05, 3.63) is 94.3 Å². The van der Waals surface area contributed by atoms with Crippen molar-refractivity contribution in [3.8, 4) is 16.8 Å². The quantitative estimate of drug-likeness (QED) is 0.275. The van der Waals surface area contributed by atoms with Gasteiger partial charge in [-0.15, -0.1) is 0 Å². The predicted octanol–water partition coefficient (Wildman–Crippen LogP) is 5.96. The van der Waals surface area contributed by atoms with Crippen LogP contribution in [0, 0.1) is 18.7 Å². The Hall–Kier alpha value is -4.57. The standard InChI is InChI=1S/C30H27ClFN5O4/c1-16-5-3-7-24(36-29(39)21-15-34-37(17(21)2)26-8-4-6-22(31)27(26)32)25-14-18(11-12-33-25)20-13-19(30(40)41)9-10-23(20)35-28(16)38/h4,6,8-16,24H,3,5,7H2,1-2H3,(H,35,38)(H,36,39)(H,40,41)/t16-,24+/m1/s1. The molecule has 2 bridgehead atoms. The summed E-state index contributed by atoms with van der Waals surface area (Å²) in [7, 11) is 0. The number of pyridine rings is 1. The molecule has 3 heterocycles. The van der Waals surface area contributed by atoms with Gasteiger partial charge >= 0.3 is 5.97 Å². The summed E-state index contributed by atoms with van der Waals surface area (Å²) in [4.78, 5) is 42.6. The number of carboxylic acid groups (broad SMARTS) is 1. The lowest BCUT2D eigenvalue weighted by molar-refractivity contribution is -0.119. The number of carboxylic acids is 1. The third-order valence-corrected chi connectivity index (χ3v) is 7.56. The van der Waals surface area contributed by atoms with E-state index >= 15 is 0 Å². The fraction of sp³-hybridized carbons (Fsp3) is 0.233. The minimum atomic E-state index is -1.09. The third-order valence-electron chi connectivity index (χ3n) is 7.27. The summed E-state index contributed by atoms with van der Waals surface area (Å²) in [5.41, 5.74) is 3.12. The molecule has 2 amide bonds. The Bertz CT molecular complexity index is 1670. The van der Waals surface area contributed by atoms with Crippen LogP contribution in [0.2, 0.25) is 5.02 Å². The Morgan fingerprint density at radius 1 is 1.17 bits per heavy atom. The molecule has 0 saturated heterocycles. The van der Waals surface area contributed by atoms with Crippen LogP contribution in [0.4, 0.5) is 10.1 Å². The molecule has 11 heteroatoms. The van der Waals surface area contributed by atoms with Gasteiger partial charge in [0.15, 0.2) is 5.82 Å². The maximum Gasteiger partial charge on any atom is 0.335 e. The van der Waals surface area contributed by atoms with Crippen molar-refractivity contribution >= 4 is 35.1 Å². The average molecular weight is 576 g/mol. The van der Waals surface area contributed by atoms with Crippen LogP contribution in [0.3, 0.4) is 0 Å². The Morgan fingerprint density at radius 2 is 1.98 bits per heavy atom. The first kappa shape index (κ1) is 28.0. The number of aromatic nitrogens is 3. The van der Waals surface area contributed by atoms with E-state index in [9.17, 15) is 23.9 Å². The topological polar surface area (TPSA) is 126 Å². The number of amides is 2. The first-order valence-electron chi connectivity index (χ1n) is 13.1. The van der Waals surface area contributed by atoms with Gasteiger partial charge in [0, 0.05) is 23.4 Å². The molecular formula is C30H27ClFN5O4. The molecule has 0 spiro atoms. The zero-order chi connectivity index (χ0) is 29.3. The molecule has 0 fully saturated rings. The Morgan fingerprint density at radius 3 is 2.76 bits per heavy atom. The predicted molar refractivity (Wildman–Crippen MR) is 152 cm³/mol. The second kappa shape index (κ2) is 11.5. The average Bonchev–Trinajstić information content (AvgIpc) is 3.34. The summed E-state index contributed by atoms with van der Waals surface area (Å²) in [5, 5.41) is 19.7. The van der Waals surface area contributed by atoms with Gasteiger partial charge in [0.2, 0.25) is 5.91 Å². The Labute approximate surface area is 240 Å². The van der Waals surface area contributed by atoms with E-state index in [1.807, 2.05) is 6.92 Å². The first-order chi connectivity index (χ1) is 19.6. The molecule has 0 unspecified atom stereocenters. The van der Waals surface area contributed by atoms with Gasteiger partial charge in [-0.1, -0.05) is 31.0 Å². The highest BCUT2D eigenvalue weighted by atomic mass is 35.5. The van der Waals surface area contributed by atoms with Gasteiger partial charge in [-0.3, -0.25) is 14.6 Å². The van der Waals surface area contributed by atoms with Crippen LogP contribution < -0.4 is 10.6 Å². The van der Waals surface area contributed by atoms with Crippen molar-refractivity contribution in [1.29, 1.82) is 0 Å². The highest BCUT2D eigenvalue weighted by Gasteiger charge is 2.25. The van der Waals surface area contributed by atoms with Crippen molar-refractivity contribution in [2.75, 3.05) is 5.32 Å². The van der Waals surface area contributed by atoms with E-state index in [-0.39, 0.29) is 33.7 Å². The minimum Gasteiger partial charge on any atom is -0.478 e. The molecule has 41 heavy (non-hydrogen) atoms. The van der Waals surface area contributed by atoms with Crippen molar-refractivity contribution in [2.45, 2.75) is 39.2 Å². The second-order valence-electron chi connectivity index (χ2n) is 10.0. The number of halogens is 2. The normalized spacial score (nSPS) is 17.0. The molecule has 210 valence electrons. The van der Waals surface area contributed by atoms with Crippen LogP contribution >= 0.6 is 11.6 Å². The van der Waals surface area contributed by atoms with E-state index in [1.54, 1.807) is 37.4 Å². The number of aromatic carboxylic acids is 1. The third kappa shape index (κ3) is 5.69. The number of nitrogens with zero attached hydrogens (tertiary/aromatic N) is 3. The monoisotopic (exact) mass is 575 g/mol. The van der Waals surface area contributed by atoms with Gasteiger partial charge in [-0.25, -0.2) is 13.9 Å². The van der Waals surface area contributed by atoms with Crippen LogP contribution in [-0.4, -0.2) is 37.7 Å². The lowest BCUT2D eigenvalue weighted by Gasteiger charge is -2.22. The van der Waals surface area contributed by atoms with Gasteiger partial charge in [0.05, 0.1) is 39.8 Å². The van der Waals surface area contributed by atoms with Gasteiger partial charge in [0.1, 0.15) is 5.69 Å².